The van der Waals surface area contributed by atoms with Gasteiger partial charge in [0.25, 0.3) is 0 Å². The van der Waals surface area contributed by atoms with Crippen LogP contribution < -0.4 is 0 Å². The second-order valence-corrected chi connectivity index (χ2v) is 4.84. The van der Waals surface area contributed by atoms with Crippen LogP contribution in [0, 0.1) is 0 Å². The number of hydrogen-bond donors (Lipinski definition) is 2. The van der Waals surface area contributed by atoms with Gasteiger partial charge in [0.1, 0.15) is 0 Å². The molecule has 0 fully saturated rings. The van der Waals surface area contributed by atoms with Crippen molar-refractivity contribution in [1.82, 2.24) is 0 Å². The zero-order valence-corrected chi connectivity index (χ0v) is 11.4. The molecular weight excluding hydrogens is 244 g/mol. The van der Waals surface area contributed by atoms with E-state index in [2.05, 4.69) is 56.5 Å². The van der Waals surface area contributed by atoms with Gasteiger partial charge in [0, 0.05) is 9.79 Å². The summed E-state index contributed by atoms with van der Waals surface area (Å²) in [7, 11) is 0. The van der Waals surface area contributed by atoms with Gasteiger partial charge in [0.2, 0.25) is 0 Å². The summed E-state index contributed by atoms with van der Waals surface area (Å²) < 4.78 is 0. The molecule has 2 aromatic rings. The first-order valence-corrected chi connectivity index (χ1v) is 6.32. The highest BCUT2D eigenvalue weighted by Crippen LogP contribution is 2.28. The minimum atomic E-state index is 0.909. The summed E-state index contributed by atoms with van der Waals surface area (Å²) in [6.45, 7) is 2.09. The van der Waals surface area contributed by atoms with Crippen LogP contribution in [0.2, 0.25) is 0 Å². The Labute approximate surface area is 113 Å². The molecule has 0 bridgehead atoms. The van der Waals surface area contributed by atoms with Gasteiger partial charge in [-0.1, -0.05) is 48.5 Å². The average Bonchev–Trinajstić information content (AvgIpc) is 2.34. The number of hydrogen-bond acceptors (Lipinski definition) is 2. The highest BCUT2D eigenvalue weighted by molar-refractivity contribution is 7.83. The fraction of sp³-hybridized carbons (Fsp3) is 0.0667. The standard InChI is InChI=1S/C15H14S2/c1-11(10-12-6-3-2-4-7-12)13-8-5-9-14(16)15(13)17/h2-10,16-17H,1H3. The van der Waals surface area contributed by atoms with Crippen LogP contribution in [0.15, 0.2) is 58.3 Å². The molecule has 0 radical (unpaired) electrons. The van der Waals surface area contributed by atoms with Crippen LogP contribution in [0.25, 0.3) is 11.6 Å². The maximum absolute atomic E-state index is 4.50. The topological polar surface area (TPSA) is 0 Å². The molecule has 17 heavy (non-hydrogen) atoms. The van der Waals surface area contributed by atoms with E-state index in [0.717, 1.165) is 15.4 Å². The molecule has 2 rings (SSSR count). The second kappa shape index (κ2) is 5.48. The summed E-state index contributed by atoms with van der Waals surface area (Å²) in [5.74, 6) is 0. The highest BCUT2D eigenvalue weighted by Gasteiger charge is 2.03. The third kappa shape index (κ3) is 2.96. The van der Waals surface area contributed by atoms with Crippen molar-refractivity contribution in [2.24, 2.45) is 0 Å². The van der Waals surface area contributed by atoms with Gasteiger partial charge < -0.3 is 0 Å². The van der Waals surface area contributed by atoms with Crippen molar-refractivity contribution in [3.8, 4) is 0 Å². The molecule has 0 saturated carbocycles. The van der Waals surface area contributed by atoms with Crippen LogP contribution in [-0.2, 0) is 0 Å². The Morgan fingerprint density at radius 1 is 0.941 bits per heavy atom. The van der Waals surface area contributed by atoms with Crippen LogP contribution in [0.4, 0.5) is 0 Å². The summed E-state index contributed by atoms with van der Waals surface area (Å²) in [6.07, 6.45) is 2.16. The Kier molecular flexibility index (Phi) is 3.97. The van der Waals surface area contributed by atoms with Gasteiger partial charge in [-0.3, -0.25) is 0 Å². The van der Waals surface area contributed by atoms with Crippen molar-refractivity contribution in [3.05, 3.63) is 59.7 Å². The summed E-state index contributed by atoms with van der Waals surface area (Å²) in [6, 6.07) is 16.3. The van der Waals surface area contributed by atoms with E-state index < -0.39 is 0 Å². The van der Waals surface area contributed by atoms with Crippen LogP contribution >= 0.6 is 25.3 Å². The Bertz CT molecular complexity index is 542. The van der Waals surface area contributed by atoms with Gasteiger partial charge in [-0.15, -0.1) is 25.3 Å². The van der Waals surface area contributed by atoms with Crippen molar-refractivity contribution >= 4 is 36.9 Å². The van der Waals surface area contributed by atoms with Gasteiger partial charge in [0.05, 0.1) is 0 Å². The van der Waals surface area contributed by atoms with Crippen molar-refractivity contribution in [1.29, 1.82) is 0 Å². The maximum Gasteiger partial charge on any atom is 0.0249 e. The second-order valence-electron chi connectivity index (χ2n) is 3.91. The molecule has 0 aliphatic heterocycles. The fourth-order valence-electron chi connectivity index (χ4n) is 1.73. The lowest BCUT2D eigenvalue weighted by Crippen LogP contribution is -1.84. The van der Waals surface area contributed by atoms with E-state index in [0.29, 0.717) is 0 Å². The van der Waals surface area contributed by atoms with Gasteiger partial charge in [-0.05, 0) is 29.7 Å². The zero-order valence-electron chi connectivity index (χ0n) is 9.59. The molecule has 0 saturated heterocycles. The molecule has 2 aromatic carbocycles. The molecule has 0 N–H and O–H groups in total. The summed E-state index contributed by atoms with van der Waals surface area (Å²) in [5, 5.41) is 0. The van der Waals surface area contributed by atoms with Gasteiger partial charge in [-0.25, -0.2) is 0 Å². The van der Waals surface area contributed by atoms with Crippen molar-refractivity contribution < 1.29 is 0 Å². The highest BCUT2D eigenvalue weighted by atomic mass is 32.1. The lowest BCUT2D eigenvalue weighted by Gasteiger charge is -2.07. The van der Waals surface area contributed by atoms with Crippen LogP contribution in [0.1, 0.15) is 18.1 Å². The molecule has 0 heterocycles. The van der Waals surface area contributed by atoms with E-state index in [4.69, 9.17) is 0 Å². The molecule has 0 spiro atoms. The normalized spacial score (nSPS) is 11.6. The molecular formula is C15H14S2. The van der Waals surface area contributed by atoms with Crippen molar-refractivity contribution in [2.45, 2.75) is 16.7 Å². The van der Waals surface area contributed by atoms with Crippen LogP contribution in [0.5, 0.6) is 0 Å². The minimum absolute atomic E-state index is 0.909. The van der Waals surface area contributed by atoms with Gasteiger partial charge in [-0.2, -0.15) is 0 Å². The molecule has 0 aromatic heterocycles. The first kappa shape index (κ1) is 12.3. The smallest absolute Gasteiger partial charge is 0.0249 e. The Morgan fingerprint density at radius 3 is 2.35 bits per heavy atom. The quantitative estimate of drug-likeness (QED) is 0.560. The van der Waals surface area contributed by atoms with E-state index in [1.807, 2.05) is 30.3 Å². The molecule has 86 valence electrons. The van der Waals surface area contributed by atoms with Crippen LogP contribution in [-0.4, -0.2) is 0 Å². The van der Waals surface area contributed by atoms with E-state index in [9.17, 15) is 0 Å². The molecule has 2 heteroatoms. The molecule has 0 aliphatic carbocycles. The van der Waals surface area contributed by atoms with Crippen molar-refractivity contribution in [2.75, 3.05) is 0 Å². The number of allylic oxidation sites excluding steroid dienone is 1. The summed E-state index contributed by atoms with van der Waals surface area (Å²) >= 11 is 8.88. The Balaban J connectivity index is 2.41. The van der Waals surface area contributed by atoms with E-state index >= 15 is 0 Å². The van der Waals surface area contributed by atoms with E-state index in [-0.39, 0.29) is 0 Å². The average molecular weight is 258 g/mol. The monoisotopic (exact) mass is 258 g/mol. The Morgan fingerprint density at radius 2 is 1.65 bits per heavy atom. The number of thiol groups is 2. The predicted octanol–water partition coefficient (Wildman–Crippen LogP) is 4.82. The third-order valence-electron chi connectivity index (χ3n) is 2.62. The van der Waals surface area contributed by atoms with Crippen molar-refractivity contribution in [3.63, 3.8) is 0 Å². The van der Waals surface area contributed by atoms with E-state index in [1.54, 1.807) is 0 Å². The number of benzene rings is 2. The minimum Gasteiger partial charge on any atom is -0.142 e. The SMILES string of the molecule is CC(=Cc1ccccc1)c1cccc(S)c1S. The Hall–Kier alpha value is -1.12. The molecule has 0 amide bonds. The largest absolute Gasteiger partial charge is 0.142 e. The van der Waals surface area contributed by atoms with Gasteiger partial charge >= 0.3 is 0 Å². The maximum atomic E-state index is 4.50. The first-order chi connectivity index (χ1) is 8.18. The summed E-state index contributed by atoms with van der Waals surface area (Å²) in [4.78, 5) is 1.84. The number of rotatable bonds is 2. The zero-order chi connectivity index (χ0) is 12.3. The third-order valence-corrected chi connectivity index (χ3v) is 3.65. The molecule has 0 atom stereocenters. The van der Waals surface area contributed by atoms with E-state index in [1.165, 1.54) is 11.1 Å². The fourth-order valence-corrected chi connectivity index (χ4v) is 2.26. The molecule has 0 nitrogen and oxygen atoms in total. The molecule has 0 aliphatic rings. The lowest BCUT2D eigenvalue weighted by molar-refractivity contribution is 1.23. The predicted molar refractivity (Wildman–Crippen MR) is 80.9 cm³/mol. The lowest BCUT2D eigenvalue weighted by atomic mass is 10.0. The van der Waals surface area contributed by atoms with Gasteiger partial charge in [0.15, 0.2) is 0 Å². The first-order valence-electron chi connectivity index (χ1n) is 5.43. The molecule has 0 unspecified atom stereocenters. The van der Waals surface area contributed by atoms with Crippen LogP contribution in [0.3, 0.4) is 0 Å². The summed E-state index contributed by atoms with van der Waals surface area (Å²) in [5.41, 5.74) is 3.52.